The third-order valence-corrected chi connectivity index (χ3v) is 4.57. The molecule has 6 nitrogen and oxygen atoms in total. The molecule has 2 aromatic heterocycles. The van der Waals surface area contributed by atoms with Crippen LogP contribution in [0.2, 0.25) is 0 Å². The molecular formula is C18H13N3O3S. The standard InChI is InChI=1S/C18H13N3O3S/c1-24-12-8-6-11(7-9-12)19-17(23)15-10-16(22)25-18-20-13-4-2-3-5-14(13)21(15)18/h2-10H,1H3,(H,19,23). The van der Waals surface area contributed by atoms with Gasteiger partial charge in [-0.05, 0) is 36.4 Å². The first-order valence-electron chi connectivity index (χ1n) is 7.52. The van der Waals surface area contributed by atoms with E-state index in [1.807, 2.05) is 24.3 Å². The number of fused-ring (bicyclic) bond motifs is 3. The Kier molecular flexibility index (Phi) is 3.70. The molecule has 0 spiro atoms. The van der Waals surface area contributed by atoms with Crippen molar-refractivity contribution in [3.63, 3.8) is 0 Å². The van der Waals surface area contributed by atoms with E-state index >= 15 is 0 Å². The van der Waals surface area contributed by atoms with Crippen LogP contribution in [0.15, 0.2) is 59.4 Å². The summed E-state index contributed by atoms with van der Waals surface area (Å²) in [6, 6.07) is 15.8. The summed E-state index contributed by atoms with van der Waals surface area (Å²) >= 11 is 1.01. The second kappa shape index (κ2) is 6.03. The Morgan fingerprint density at radius 3 is 2.68 bits per heavy atom. The molecule has 0 unspecified atom stereocenters. The number of nitrogens with zero attached hydrogens (tertiary/aromatic N) is 2. The third-order valence-electron chi connectivity index (χ3n) is 3.80. The van der Waals surface area contributed by atoms with Crippen LogP contribution in [0, 0.1) is 0 Å². The smallest absolute Gasteiger partial charge is 0.272 e. The predicted octanol–water partition coefficient (Wildman–Crippen LogP) is 3.17. The largest absolute Gasteiger partial charge is 0.497 e. The van der Waals surface area contributed by atoms with Crippen molar-refractivity contribution in [3.8, 4) is 5.75 Å². The number of benzene rings is 2. The van der Waals surface area contributed by atoms with Gasteiger partial charge in [0.25, 0.3) is 5.91 Å². The Bertz CT molecular complexity index is 1150. The maximum absolute atomic E-state index is 12.8. The number of nitrogens with one attached hydrogen (secondary N) is 1. The molecule has 7 heteroatoms. The highest BCUT2D eigenvalue weighted by atomic mass is 32.1. The van der Waals surface area contributed by atoms with Crippen LogP contribution in [0.1, 0.15) is 10.5 Å². The Morgan fingerprint density at radius 2 is 1.92 bits per heavy atom. The summed E-state index contributed by atoms with van der Waals surface area (Å²) < 4.78 is 6.59. The normalized spacial score (nSPS) is 10.9. The molecule has 4 aromatic rings. The van der Waals surface area contributed by atoms with Gasteiger partial charge in [0.1, 0.15) is 11.4 Å². The Balaban J connectivity index is 1.81. The van der Waals surface area contributed by atoms with Gasteiger partial charge in [-0.2, -0.15) is 0 Å². The van der Waals surface area contributed by atoms with E-state index in [1.165, 1.54) is 6.07 Å². The zero-order valence-electron chi connectivity index (χ0n) is 13.2. The van der Waals surface area contributed by atoms with Crippen LogP contribution in [0.4, 0.5) is 5.69 Å². The fraction of sp³-hybridized carbons (Fsp3) is 0.0556. The van der Waals surface area contributed by atoms with Crippen LogP contribution in [0.5, 0.6) is 5.75 Å². The molecular weight excluding hydrogens is 338 g/mol. The van der Waals surface area contributed by atoms with E-state index in [1.54, 1.807) is 35.8 Å². The molecule has 1 amide bonds. The summed E-state index contributed by atoms with van der Waals surface area (Å²) in [5.41, 5.74) is 2.39. The van der Waals surface area contributed by atoms with Crippen LogP contribution in [-0.4, -0.2) is 22.4 Å². The van der Waals surface area contributed by atoms with Crippen molar-refractivity contribution < 1.29 is 9.53 Å². The highest BCUT2D eigenvalue weighted by Gasteiger charge is 2.16. The topological polar surface area (TPSA) is 72.7 Å². The average Bonchev–Trinajstić information content (AvgIpc) is 2.99. The molecule has 124 valence electrons. The molecule has 0 aliphatic heterocycles. The van der Waals surface area contributed by atoms with Crippen LogP contribution in [0.3, 0.4) is 0 Å². The summed E-state index contributed by atoms with van der Waals surface area (Å²) in [4.78, 5) is 29.7. The van der Waals surface area contributed by atoms with Gasteiger partial charge in [0.05, 0.1) is 18.1 Å². The molecule has 0 fully saturated rings. The summed E-state index contributed by atoms with van der Waals surface area (Å²) in [6.07, 6.45) is 0. The Hall–Kier alpha value is -3.19. The highest BCUT2D eigenvalue weighted by Crippen LogP contribution is 2.21. The van der Waals surface area contributed by atoms with Gasteiger partial charge in [-0.3, -0.25) is 14.0 Å². The Labute approximate surface area is 146 Å². The lowest BCUT2D eigenvalue weighted by molar-refractivity contribution is 0.102. The molecule has 0 radical (unpaired) electrons. The second-order valence-corrected chi connectivity index (χ2v) is 6.32. The fourth-order valence-corrected chi connectivity index (χ4v) is 3.42. The van der Waals surface area contributed by atoms with Crippen molar-refractivity contribution in [1.29, 1.82) is 0 Å². The van der Waals surface area contributed by atoms with Crippen LogP contribution >= 0.6 is 11.3 Å². The molecule has 1 N–H and O–H groups in total. The van der Waals surface area contributed by atoms with E-state index in [9.17, 15) is 9.59 Å². The summed E-state index contributed by atoms with van der Waals surface area (Å²) in [5.74, 6) is 0.326. The van der Waals surface area contributed by atoms with E-state index in [4.69, 9.17) is 4.74 Å². The molecule has 0 bridgehead atoms. The lowest BCUT2D eigenvalue weighted by Gasteiger charge is -2.08. The molecule has 0 atom stereocenters. The van der Waals surface area contributed by atoms with E-state index in [0.717, 1.165) is 22.4 Å². The average molecular weight is 351 g/mol. The monoisotopic (exact) mass is 351 g/mol. The second-order valence-electron chi connectivity index (χ2n) is 5.35. The van der Waals surface area contributed by atoms with Crippen molar-refractivity contribution >= 4 is 38.9 Å². The number of methoxy groups -OCH3 is 1. The molecule has 25 heavy (non-hydrogen) atoms. The maximum atomic E-state index is 12.8. The van der Waals surface area contributed by atoms with Gasteiger partial charge >= 0.3 is 0 Å². The minimum atomic E-state index is -0.372. The molecule has 2 heterocycles. The van der Waals surface area contributed by atoms with Crippen molar-refractivity contribution in [2.45, 2.75) is 0 Å². The first kappa shape index (κ1) is 15.3. The zero-order chi connectivity index (χ0) is 17.4. The number of carbonyl (C=O) groups is 1. The summed E-state index contributed by atoms with van der Waals surface area (Å²) in [6.45, 7) is 0. The molecule has 0 saturated carbocycles. The number of aromatic nitrogens is 2. The van der Waals surface area contributed by atoms with Gasteiger partial charge in [-0.25, -0.2) is 4.98 Å². The number of hydrogen-bond donors (Lipinski definition) is 1. The molecule has 0 aliphatic carbocycles. The first-order chi connectivity index (χ1) is 12.2. The number of para-hydroxylation sites is 2. The van der Waals surface area contributed by atoms with Gasteiger partial charge < -0.3 is 10.1 Å². The van der Waals surface area contributed by atoms with Gasteiger partial charge in [0.2, 0.25) is 4.74 Å². The zero-order valence-corrected chi connectivity index (χ0v) is 14.0. The van der Waals surface area contributed by atoms with Crippen LogP contribution < -0.4 is 14.8 Å². The third kappa shape index (κ3) is 2.74. The minimum Gasteiger partial charge on any atom is -0.497 e. The molecule has 4 rings (SSSR count). The van der Waals surface area contributed by atoms with Crippen LogP contribution in [0.25, 0.3) is 16.0 Å². The van der Waals surface area contributed by atoms with Gasteiger partial charge in [0.15, 0.2) is 4.96 Å². The Morgan fingerprint density at radius 1 is 1.16 bits per heavy atom. The van der Waals surface area contributed by atoms with Crippen molar-refractivity contribution in [2.24, 2.45) is 0 Å². The van der Waals surface area contributed by atoms with E-state index in [0.29, 0.717) is 16.4 Å². The molecule has 2 aromatic carbocycles. The van der Waals surface area contributed by atoms with E-state index in [-0.39, 0.29) is 16.3 Å². The number of carbonyl (C=O) groups excluding carboxylic acids is 1. The number of amides is 1. The number of imidazole rings is 1. The van der Waals surface area contributed by atoms with E-state index in [2.05, 4.69) is 10.3 Å². The van der Waals surface area contributed by atoms with Crippen molar-refractivity contribution in [1.82, 2.24) is 9.38 Å². The van der Waals surface area contributed by atoms with Crippen LogP contribution in [-0.2, 0) is 0 Å². The quantitative estimate of drug-likeness (QED) is 0.615. The van der Waals surface area contributed by atoms with Gasteiger partial charge in [-0.15, -0.1) is 0 Å². The molecule has 0 aliphatic rings. The summed E-state index contributed by atoms with van der Waals surface area (Å²) in [7, 11) is 1.58. The predicted molar refractivity (Wildman–Crippen MR) is 97.8 cm³/mol. The lowest BCUT2D eigenvalue weighted by Crippen LogP contribution is -2.18. The number of rotatable bonds is 3. The minimum absolute atomic E-state index is 0.220. The summed E-state index contributed by atoms with van der Waals surface area (Å²) in [5, 5.41) is 2.81. The maximum Gasteiger partial charge on any atom is 0.272 e. The first-order valence-corrected chi connectivity index (χ1v) is 8.34. The van der Waals surface area contributed by atoms with Crippen molar-refractivity contribution in [3.05, 3.63) is 69.8 Å². The van der Waals surface area contributed by atoms with Crippen molar-refractivity contribution in [2.75, 3.05) is 12.4 Å². The van der Waals surface area contributed by atoms with E-state index < -0.39 is 0 Å². The molecule has 0 saturated heterocycles. The number of anilines is 1. The van der Waals surface area contributed by atoms with Gasteiger partial charge in [0, 0.05) is 11.8 Å². The highest BCUT2D eigenvalue weighted by molar-refractivity contribution is 7.14. The number of hydrogen-bond acceptors (Lipinski definition) is 5. The lowest BCUT2D eigenvalue weighted by atomic mass is 10.2. The van der Waals surface area contributed by atoms with Gasteiger partial charge in [-0.1, -0.05) is 23.5 Å². The fourth-order valence-electron chi connectivity index (χ4n) is 2.64. The number of ether oxygens (including phenoxy) is 1. The SMILES string of the molecule is COc1ccc(NC(=O)c2cc(=O)sc3nc4ccccc4n23)cc1.